The number of phenolic OH excluding ortho intramolecular Hbond substituents is 1. The fraction of sp³-hybridized carbons (Fsp3) is 0.516. The minimum atomic E-state index is -0.345. The van der Waals surface area contributed by atoms with Gasteiger partial charge in [0, 0.05) is 44.8 Å². The highest BCUT2D eigenvalue weighted by atomic mass is 19.1. The standard InChI is InChI=1S/C31H38FN5O5/c1-5-22-23(32)8-7-19-13-20(38)14-25(26(19)22)37-17-24-27(29(37)39)28(36-9-6-11-41-12-10-36)34-30(33-24)42-18-31(2)15-21(40-4)16-35(31)3/h7-8,13-14,21,38H,5-6,9-12,15-18H2,1-4H3. The van der Waals surface area contributed by atoms with Gasteiger partial charge in [-0.2, -0.15) is 9.97 Å². The summed E-state index contributed by atoms with van der Waals surface area (Å²) in [5.74, 6) is -0.125. The number of likely N-dealkylation sites (tertiary alicyclic amines) is 1. The molecule has 0 bridgehead atoms. The van der Waals surface area contributed by atoms with Gasteiger partial charge in [0.25, 0.3) is 5.91 Å². The Bertz CT molecular complexity index is 1510. The van der Waals surface area contributed by atoms with Crippen molar-refractivity contribution in [1.29, 1.82) is 0 Å². The Balaban J connectivity index is 1.40. The Labute approximate surface area is 245 Å². The third-order valence-corrected chi connectivity index (χ3v) is 8.92. The first-order chi connectivity index (χ1) is 20.2. The largest absolute Gasteiger partial charge is 0.508 e. The number of aromatic nitrogens is 2. The molecule has 0 saturated carbocycles. The zero-order valence-electron chi connectivity index (χ0n) is 24.7. The molecule has 2 saturated heterocycles. The van der Waals surface area contributed by atoms with Gasteiger partial charge in [-0.1, -0.05) is 13.0 Å². The van der Waals surface area contributed by atoms with Crippen LogP contribution in [0.25, 0.3) is 10.8 Å². The average Bonchev–Trinajstić information content (AvgIpc) is 3.30. The van der Waals surface area contributed by atoms with E-state index >= 15 is 0 Å². The first kappa shape index (κ1) is 28.6. The van der Waals surface area contributed by atoms with Crippen LogP contribution < -0.4 is 14.5 Å². The van der Waals surface area contributed by atoms with Gasteiger partial charge in [-0.05, 0) is 56.3 Å². The number of nitrogens with zero attached hydrogens (tertiary/aromatic N) is 5. The van der Waals surface area contributed by atoms with Crippen LogP contribution in [-0.2, 0) is 22.4 Å². The lowest BCUT2D eigenvalue weighted by Crippen LogP contribution is -2.43. The summed E-state index contributed by atoms with van der Waals surface area (Å²) in [5.41, 5.74) is 1.62. The number of rotatable bonds is 7. The summed E-state index contributed by atoms with van der Waals surface area (Å²) >= 11 is 0. The number of aryl methyl sites for hydroxylation is 1. The van der Waals surface area contributed by atoms with Gasteiger partial charge in [0.2, 0.25) is 0 Å². The van der Waals surface area contributed by atoms with Crippen LogP contribution in [0.3, 0.4) is 0 Å². The van der Waals surface area contributed by atoms with E-state index in [4.69, 9.17) is 24.2 Å². The normalized spacial score (nSPS) is 23.1. The second-order valence-corrected chi connectivity index (χ2v) is 11.7. The summed E-state index contributed by atoms with van der Waals surface area (Å²) in [6.07, 6.45) is 2.17. The molecule has 0 spiro atoms. The van der Waals surface area contributed by atoms with E-state index in [0.29, 0.717) is 78.4 Å². The number of aromatic hydroxyl groups is 1. The summed E-state index contributed by atoms with van der Waals surface area (Å²) in [6, 6.07) is 6.35. The number of amides is 1. The van der Waals surface area contributed by atoms with Gasteiger partial charge in [-0.15, -0.1) is 0 Å². The van der Waals surface area contributed by atoms with Gasteiger partial charge >= 0.3 is 6.01 Å². The van der Waals surface area contributed by atoms with Gasteiger partial charge in [0.05, 0.1) is 36.2 Å². The number of fused-ring (bicyclic) bond motifs is 2. The molecule has 224 valence electrons. The van der Waals surface area contributed by atoms with E-state index in [1.165, 1.54) is 12.1 Å². The highest BCUT2D eigenvalue weighted by Gasteiger charge is 2.42. The third kappa shape index (κ3) is 5.03. The topological polar surface area (TPSA) is 100 Å². The second-order valence-electron chi connectivity index (χ2n) is 11.7. The predicted octanol–water partition coefficient (Wildman–Crippen LogP) is 3.91. The van der Waals surface area contributed by atoms with Crippen molar-refractivity contribution < 1.29 is 28.5 Å². The minimum Gasteiger partial charge on any atom is -0.508 e. The van der Waals surface area contributed by atoms with Crippen molar-refractivity contribution in [3.05, 3.63) is 46.9 Å². The number of carbonyl (C=O) groups is 1. The van der Waals surface area contributed by atoms with Crippen LogP contribution in [0.1, 0.15) is 48.3 Å². The highest BCUT2D eigenvalue weighted by molar-refractivity contribution is 6.16. The molecule has 3 aliphatic heterocycles. The van der Waals surface area contributed by atoms with Crippen molar-refractivity contribution in [3.63, 3.8) is 0 Å². The number of halogens is 1. The number of hydrogen-bond acceptors (Lipinski definition) is 9. The van der Waals surface area contributed by atoms with E-state index in [2.05, 4.69) is 23.8 Å². The van der Waals surface area contributed by atoms with Gasteiger partial charge in [-0.3, -0.25) is 9.69 Å². The number of carbonyl (C=O) groups excluding carboxylic acids is 1. The number of ether oxygens (including phenoxy) is 3. The first-order valence-corrected chi connectivity index (χ1v) is 14.6. The molecular formula is C31H38FN5O5. The van der Waals surface area contributed by atoms with Crippen molar-refractivity contribution in [2.45, 2.75) is 51.3 Å². The van der Waals surface area contributed by atoms with Crippen molar-refractivity contribution in [2.75, 3.05) is 63.4 Å². The smallest absolute Gasteiger partial charge is 0.318 e. The van der Waals surface area contributed by atoms with Crippen molar-refractivity contribution in [3.8, 4) is 11.8 Å². The molecule has 0 aliphatic carbocycles. The molecule has 11 heteroatoms. The zero-order valence-corrected chi connectivity index (χ0v) is 24.7. The molecule has 1 aromatic heterocycles. The third-order valence-electron chi connectivity index (χ3n) is 8.92. The van der Waals surface area contributed by atoms with Crippen LogP contribution >= 0.6 is 0 Å². The SMILES string of the molecule is CCc1c(F)ccc2cc(O)cc(N3Cc4nc(OCC5(C)CC(OC)CN5C)nc(N5CCCOCC5)c4C3=O)c12. The molecule has 42 heavy (non-hydrogen) atoms. The van der Waals surface area contributed by atoms with Gasteiger partial charge in [-0.25, -0.2) is 4.39 Å². The number of anilines is 2. The summed E-state index contributed by atoms with van der Waals surface area (Å²) in [4.78, 5) is 29.6. The van der Waals surface area contributed by atoms with Crippen LogP contribution in [0.2, 0.25) is 0 Å². The zero-order chi connectivity index (χ0) is 29.6. The lowest BCUT2D eigenvalue weighted by molar-refractivity contribution is 0.0993. The van der Waals surface area contributed by atoms with Crippen LogP contribution in [0.15, 0.2) is 24.3 Å². The number of methoxy groups -OCH3 is 1. The van der Waals surface area contributed by atoms with E-state index in [1.807, 2.05) is 6.92 Å². The first-order valence-electron chi connectivity index (χ1n) is 14.6. The molecule has 10 nitrogen and oxygen atoms in total. The number of hydrogen-bond donors (Lipinski definition) is 1. The molecule has 3 aliphatic rings. The molecule has 2 fully saturated rings. The minimum absolute atomic E-state index is 0.00166. The molecule has 4 heterocycles. The molecule has 2 unspecified atom stereocenters. The van der Waals surface area contributed by atoms with Crippen LogP contribution in [0, 0.1) is 5.82 Å². The molecular weight excluding hydrogens is 541 g/mol. The van der Waals surface area contributed by atoms with Crippen molar-refractivity contribution in [1.82, 2.24) is 14.9 Å². The fourth-order valence-corrected chi connectivity index (χ4v) is 6.43. The Morgan fingerprint density at radius 1 is 1.21 bits per heavy atom. The number of benzene rings is 2. The lowest BCUT2D eigenvalue weighted by atomic mass is 9.99. The fourth-order valence-electron chi connectivity index (χ4n) is 6.43. The Hall–Kier alpha value is -3.54. The Kier molecular flexibility index (Phi) is 7.67. The van der Waals surface area contributed by atoms with Gasteiger partial charge in [0.1, 0.15) is 29.6 Å². The van der Waals surface area contributed by atoms with E-state index in [0.717, 1.165) is 19.4 Å². The Morgan fingerprint density at radius 2 is 2.05 bits per heavy atom. The summed E-state index contributed by atoms with van der Waals surface area (Å²) in [6.45, 7) is 7.73. The molecule has 1 N–H and O–H groups in total. The predicted molar refractivity (Wildman–Crippen MR) is 157 cm³/mol. The summed E-state index contributed by atoms with van der Waals surface area (Å²) in [5, 5.41) is 11.9. The number of likely N-dealkylation sites (N-methyl/N-ethyl adjacent to an activating group) is 1. The molecule has 1 amide bonds. The maximum atomic E-state index is 14.9. The average molecular weight is 580 g/mol. The molecule has 0 radical (unpaired) electrons. The lowest BCUT2D eigenvalue weighted by Gasteiger charge is -2.31. The monoisotopic (exact) mass is 579 g/mol. The van der Waals surface area contributed by atoms with Crippen LogP contribution in [0.5, 0.6) is 11.8 Å². The molecule has 2 atom stereocenters. The van der Waals surface area contributed by atoms with Crippen molar-refractivity contribution in [2.24, 2.45) is 0 Å². The van der Waals surface area contributed by atoms with Gasteiger partial charge in [0.15, 0.2) is 0 Å². The second kappa shape index (κ2) is 11.3. The molecule has 3 aromatic rings. The highest BCUT2D eigenvalue weighted by Crippen LogP contribution is 2.41. The quantitative estimate of drug-likeness (QED) is 0.447. The molecule has 6 rings (SSSR count). The van der Waals surface area contributed by atoms with E-state index in [-0.39, 0.29) is 41.7 Å². The summed E-state index contributed by atoms with van der Waals surface area (Å²) in [7, 11) is 3.78. The van der Waals surface area contributed by atoms with Gasteiger partial charge < -0.3 is 29.1 Å². The number of phenols is 1. The van der Waals surface area contributed by atoms with E-state index in [9.17, 15) is 14.3 Å². The van der Waals surface area contributed by atoms with E-state index in [1.54, 1.807) is 24.1 Å². The maximum absolute atomic E-state index is 14.9. The van der Waals surface area contributed by atoms with Crippen LogP contribution in [-0.4, -0.2) is 91.1 Å². The van der Waals surface area contributed by atoms with E-state index < -0.39 is 0 Å². The van der Waals surface area contributed by atoms with Crippen LogP contribution in [0.4, 0.5) is 15.9 Å². The van der Waals surface area contributed by atoms with Crippen molar-refractivity contribution >= 4 is 28.2 Å². The summed E-state index contributed by atoms with van der Waals surface area (Å²) < 4.78 is 32.5. The maximum Gasteiger partial charge on any atom is 0.318 e. The molecule has 2 aromatic carbocycles. The Morgan fingerprint density at radius 3 is 2.81 bits per heavy atom.